The molecule has 0 saturated carbocycles. The van der Waals surface area contributed by atoms with Crippen LogP contribution in [0, 0.1) is 0 Å². The summed E-state index contributed by atoms with van der Waals surface area (Å²) in [5, 5.41) is 12.1. The van der Waals surface area contributed by atoms with Gasteiger partial charge in [-0.05, 0) is 67.8 Å². The summed E-state index contributed by atoms with van der Waals surface area (Å²) in [4.78, 5) is 6.89. The van der Waals surface area contributed by atoms with Gasteiger partial charge in [0.1, 0.15) is 5.75 Å². The molecule has 0 radical (unpaired) electrons. The van der Waals surface area contributed by atoms with Gasteiger partial charge in [-0.1, -0.05) is 30.2 Å². The normalized spacial score (nSPS) is 18.3. The number of aromatic hydroxyl groups is 1. The Balaban J connectivity index is 1.72. The highest BCUT2D eigenvalue weighted by molar-refractivity contribution is 6.31. The second-order valence-electron chi connectivity index (χ2n) is 7.18. The van der Waals surface area contributed by atoms with Gasteiger partial charge >= 0.3 is 0 Å². The van der Waals surface area contributed by atoms with Crippen LogP contribution < -0.4 is 0 Å². The van der Waals surface area contributed by atoms with Gasteiger partial charge in [0, 0.05) is 34.8 Å². The molecule has 1 aliphatic rings. The molecule has 1 fully saturated rings. The number of pyridine rings is 1. The van der Waals surface area contributed by atoms with Crippen LogP contribution in [0.5, 0.6) is 5.75 Å². The molecule has 3 nitrogen and oxygen atoms in total. The van der Waals surface area contributed by atoms with Crippen molar-refractivity contribution in [3.05, 3.63) is 59.2 Å². The molecule has 3 aromatic rings. The molecule has 0 aliphatic carbocycles. The van der Waals surface area contributed by atoms with Crippen LogP contribution in [0.2, 0.25) is 5.02 Å². The highest BCUT2D eigenvalue weighted by Gasteiger charge is 2.19. The minimum absolute atomic E-state index is 0.368. The number of likely N-dealkylation sites (tertiary alicyclic amines) is 1. The molecule has 0 amide bonds. The van der Waals surface area contributed by atoms with Gasteiger partial charge in [0.2, 0.25) is 0 Å². The molecule has 0 unspecified atom stereocenters. The topological polar surface area (TPSA) is 36.4 Å². The van der Waals surface area contributed by atoms with Crippen molar-refractivity contribution < 1.29 is 5.11 Å². The number of halogens is 1. The van der Waals surface area contributed by atoms with Gasteiger partial charge < -0.3 is 5.11 Å². The van der Waals surface area contributed by atoms with E-state index in [-0.39, 0.29) is 0 Å². The van der Waals surface area contributed by atoms with Crippen LogP contribution in [0.4, 0.5) is 0 Å². The minimum atomic E-state index is 0.368. The van der Waals surface area contributed by atoms with Crippen molar-refractivity contribution in [1.29, 1.82) is 0 Å². The third-order valence-corrected chi connectivity index (χ3v) is 5.64. The Morgan fingerprint density at radius 1 is 1.15 bits per heavy atom. The van der Waals surface area contributed by atoms with E-state index in [0.29, 0.717) is 16.8 Å². The summed E-state index contributed by atoms with van der Waals surface area (Å²) in [6, 6.07) is 14.3. The largest absolute Gasteiger partial charge is 0.508 e. The van der Waals surface area contributed by atoms with E-state index < -0.39 is 0 Å². The van der Waals surface area contributed by atoms with Crippen molar-refractivity contribution in [2.45, 2.75) is 38.8 Å². The molecule has 1 atom stereocenters. The Labute approximate surface area is 159 Å². The molecular weight excluding hydrogens is 344 g/mol. The number of phenols is 1. The number of piperidine rings is 1. The average Bonchev–Trinajstić information content (AvgIpc) is 2.64. The molecule has 4 heteroatoms. The molecule has 2 aromatic carbocycles. The molecule has 26 heavy (non-hydrogen) atoms. The first-order chi connectivity index (χ1) is 12.6. The van der Waals surface area contributed by atoms with Crippen molar-refractivity contribution in [3.8, 4) is 16.9 Å². The first-order valence-electron chi connectivity index (χ1n) is 9.22. The van der Waals surface area contributed by atoms with E-state index in [9.17, 15) is 5.11 Å². The van der Waals surface area contributed by atoms with Crippen molar-refractivity contribution in [1.82, 2.24) is 9.88 Å². The van der Waals surface area contributed by atoms with Gasteiger partial charge in [-0.15, -0.1) is 0 Å². The van der Waals surface area contributed by atoms with Gasteiger partial charge in [0.25, 0.3) is 0 Å². The van der Waals surface area contributed by atoms with E-state index in [1.807, 2.05) is 42.6 Å². The average molecular weight is 367 g/mol. The van der Waals surface area contributed by atoms with Crippen LogP contribution >= 0.6 is 11.6 Å². The quantitative estimate of drug-likeness (QED) is 0.652. The summed E-state index contributed by atoms with van der Waals surface area (Å²) >= 11 is 6.11. The lowest BCUT2D eigenvalue weighted by Crippen LogP contribution is -2.36. The Morgan fingerprint density at radius 3 is 2.88 bits per heavy atom. The van der Waals surface area contributed by atoms with Gasteiger partial charge in [-0.3, -0.25) is 9.88 Å². The van der Waals surface area contributed by atoms with Crippen LogP contribution in [0.1, 0.15) is 31.7 Å². The van der Waals surface area contributed by atoms with Crippen LogP contribution in [-0.4, -0.2) is 27.6 Å². The maximum atomic E-state index is 10.4. The predicted molar refractivity (Wildman–Crippen MR) is 108 cm³/mol. The number of rotatable bonds is 3. The summed E-state index contributed by atoms with van der Waals surface area (Å²) in [7, 11) is 0. The van der Waals surface area contributed by atoms with E-state index in [2.05, 4.69) is 22.9 Å². The summed E-state index contributed by atoms with van der Waals surface area (Å²) in [5.41, 5.74) is 4.07. The van der Waals surface area contributed by atoms with Crippen molar-refractivity contribution >= 4 is 22.5 Å². The Morgan fingerprint density at radius 2 is 2.04 bits per heavy atom. The van der Waals surface area contributed by atoms with E-state index in [1.54, 1.807) is 0 Å². The number of hydrogen-bond acceptors (Lipinski definition) is 3. The fourth-order valence-corrected chi connectivity index (χ4v) is 4.03. The van der Waals surface area contributed by atoms with E-state index >= 15 is 0 Å². The maximum Gasteiger partial charge on any atom is 0.120 e. The first-order valence-corrected chi connectivity index (χ1v) is 9.60. The Kier molecular flexibility index (Phi) is 4.84. The Hall–Kier alpha value is -2.10. The van der Waals surface area contributed by atoms with Crippen molar-refractivity contribution in [2.24, 2.45) is 0 Å². The molecule has 1 aromatic heterocycles. The molecule has 1 N–H and O–H groups in total. The van der Waals surface area contributed by atoms with E-state index in [1.165, 1.54) is 19.3 Å². The molecule has 134 valence electrons. The van der Waals surface area contributed by atoms with Crippen LogP contribution in [0.3, 0.4) is 0 Å². The van der Waals surface area contributed by atoms with E-state index in [4.69, 9.17) is 11.6 Å². The summed E-state index contributed by atoms with van der Waals surface area (Å²) in [6.07, 6.45) is 5.58. The standard InChI is InChI=1S/C22H23ClN2O/c1-15-4-2-3-11-25(15)14-17-12-16(5-8-22(17)26)19-9-10-24-21-13-18(23)6-7-20(19)21/h5-10,12-13,15,26H,2-4,11,14H2,1H3/t15-/m1/s1. The van der Waals surface area contributed by atoms with Crippen LogP contribution in [-0.2, 0) is 6.54 Å². The zero-order chi connectivity index (χ0) is 18.1. The van der Waals surface area contributed by atoms with Gasteiger partial charge in [0.05, 0.1) is 5.52 Å². The highest BCUT2D eigenvalue weighted by Crippen LogP contribution is 2.33. The number of phenolic OH excluding ortho intramolecular Hbond substituents is 1. The molecule has 2 heterocycles. The summed E-state index contributed by atoms with van der Waals surface area (Å²) in [5.74, 6) is 0.368. The third kappa shape index (κ3) is 3.42. The number of aromatic nitrogens is 1. The zero-order valence-electron chi connectivity index (χ0n) is 15.0. The summed E-state index contributed by atoms with van der Waals surface area (Å²) in [6.45, 7) is 4.16. The second kappa shape index (κ2) is 7.26. The molecule has 0 bridgehead atoms. The molecule has 1 saturated heterocycles. The van der Waals surface area contributed by atoms with Crippen LogP contribution in [0.25, 0.3) is 22.0 Å². The lowest BCUT2D eigenvalue weighted by Gasteiger charge is -2.33. The Bertz CT molecular complexity index is 941. The second-order valence-corrected chi connectivity index (χ2v) is 7.62. The van der Waals surface area contributed by atoms with Crippen molar-refractivity contribution in [2.75, 3.05) is 6.54 Å². The van der Waals surface area contributed by atoms with Crippen LogP contribution in [0.15, 0.2) is 48.7 Å². The summed E-state index contributed by atoms with van der Waals surface area (Å²) < 4.78 is 0. The zero-order valence-corrected chi connectivity index (χ0v) is 15.7. The first kappa shape index (κ1) is 17.3. The molecular formula is C22H23ClN2O. The number of hydrogen-bond donors (Lipinski definition) is 1. The van der Waals surface area contributed by atoms with Gasteiger partial charge in [-0.25, -0.2) is 0 Å². The number of nitrogens with zero attached hydrogens (tertiary/aromatic N) is 2. The minimum Gasteiger partial charge on any atom is -0.508 e. The van der Waals surface area contributed by atoms with Gasteiger partial charge in [0.15, 0.2) is 0 Å². The highest BCUT2D eigenvalue weighted by atomic mass is 35.5. The lowest BCUT2D eigenvalue weighted by atomic mass is 9.98. The lowest BCUT2D eigenvalue weighted by molar-refractivity contribution is 0.151. The third-order valence-electron chi connectivity index (χ3n) is 5.41. The monoisotopic (exact) mass is 366 g/mol. The van der Waals surface area contributed by atoms with Gasteiger partial charge in [-0.2, -0.15) is 0 Å². The SMILES string of the molecule is C[C@@H]1CCCCN1Cc1cc(-c2ccnc3cc(Cl)ccc23)ccc1O. The van der Waals surface area contributed by atoms with Crippen molar-refractivity contribution in [3.63, 3.8) is 0 Å². The number of benzene rings is 2. The predicted octanol–water partition coefficient (Wildman–Crippen LogP) is 5.64. The van der Waals surface area contributed by atoms with E-state index in [0.717, 1.165) is 40.7 Å². The fourth-order valence-electron chi connectivity index (χ4n) is 3.86. The molecule has 4 rings (SSSR count). The fraction of sp³-hybridized carbons (Fsp3) is 0.318. The number of fused-ring (bicyclic) bond motifs is 1. The molecule has 0 spiro atoms. The maximum absolute atomic E-state index is 10.4. The molecule has 1 aliphatic heterocycles. The smallest absolute Gasteiger partial charge is 0.120 e.